The minimum atomic E-state index is 0.0639. The molecule has 0 aromatic carbocycles. The van der Waals surface area contributed by atoms with Crippen LogP contribution in [0.25, 0.3) is 0 Å². The molecule has 350 valence electrons. The molecule has 0 unspecified atom stereocenters. The van der Waals surface area contributed by atoms with Crippen molar-refractivity contribution in [3.63, 3.8) is 0 Å². The van der Waals surface area contributed by atoms with E-state index in [1.54, 1.807) is 63.8 Å². The van der Waals surface area contributed by atoms with Gasteiger partial charge in [0.05, 0.1) is 0 Å². The van der Waals surface area contributed by atoms with E-state index < -0.39 is 0 Å². The summed E-state index contributed by atoms with van der Waals surface area (Å²) in [6, 6.07) is 0. The summed E-state index contributed by atoms with van der Waals surface area (Å²) in [5, 5.41) is 8.59. The fourth-order valence-electron chi connectivity index (χ4n) is 5.03. The van der Waals surface area contributed by atoms with Crippen LogP contribution in [0.1, 0.15) is 150 Å². The summed E-state index contributed by atoms with van der Waals surface area (Å²) in [5.41, 5.74) is 0. The summed E-state index contributed by atoms with van der Waals surface area (Å²) in [6.07, 6.45) is 16.7. The average molecular weight is 847 g/mol. The molecule has 3 N–H and O–H groups in total. The van der Waals surface area contributed by atoms with E-state index in [0.717, 1.165) is 96.6 Å². The van der Waals surface area contributed by atoms with Crippen molar-refractivity contribution in [1.29, 1.82) is 0 Å². The first kappa shape index (κ1) is 62.4. The maximum Gasteiger partial charge on any atom is 0.219 e. The molecule has 0 heterocycles. The Kier molecular flexibility index (Phi) is 51.9. The molecular weight excluding hydrogens is 757 g/mol. The van der Waals surface area contributed by atoms with Gasteiger partial charge < -0.3 is 44.9 Å². The second kappa shape index (κ2) is 49.1. The van der Waals surface area contributed by atoms with Crippen LogP contribution < -0.4 is 16.0 Å². The summed E-state index contributed by atoms with van der Waals surface area (Å²) in [4.78, 5) is 72.3. The van der Waals surface area contributed by atoms with Gasteiger partial charge in [-0.2, -0.15) is 0 Å². The van der Waals surface area contributed by atoms with Crippen LogP contribution in [0.5, 0.6) is 0 Å². The molecule has 0 aromatic heterocycles. The number of rotatable bonds is 33. The Morgan fingerprint density at radius 3 is 0.847 bits per heavy atom. The van der Waals surface area contributed by atoms with Gasteiger partial charge in [0.1, 0.15) is 0 Å². The number of methoxy groups -OCH3 is 3. The lowest BCUT2D eigenvalue weighted by atomic mass is 10.1. The van der Waals surface area contributed by atoms with E-state index in [1.165, 1.54) is 12.8 Å². The molecule has 59 heavy (non-hydrogen) atoms. The van der Waals surface area contributed by atoms with Gasteiger partial charge in [-0.05, 0) is 57.8 Å². The van der Waals surface area contributed by atoms with E-state index in [1.807, 2.05) is 27.9 Å². The molecule has 0 atom stereocenters. The monoisotopic (exact) mass is 847 g/mol. The molecular formula is C44H90N6O9. The minimum Gasteiger partial charge on any atom is -0.385 e. The third-order valence-electron chi connectivity index (χ3n) is 9.10. The van der Waals surface area contributed by atoms with Crippen molar-refractivity contribution in [3.8, 4) is 0 Å². The second-order valence-corrected chi connectivity index (χ2v) is 14.4. The smallest absolute Gasteiger partial charge is 0.219 e. The maximum absolute atomic E-state index is 11.5. The maximum atomic E-state index is 11.5. The van der Waals surface area contributed by atoms with Crippen molar-refractivity contribution in [1.82, 2.24) is 30.7 Å². The van der Waals surface area contributed by atoms with Crippen molar-refractivity contribution in [3.05, 3.63) is 0 Å². The van der Waals surface area contributed by atoms with Crippen LogP contribution >= 0.6 is 0 Å². The van der Waals surface area contributed by atoms with Crippen LogP contribution in [0.2, 0.25) is 0 Å². The van der Waals surface area contributed by atoms with Crippen molar-refractivity contribution in [2.75, 3.05) is 102 Å². The molecule has 15 nitrogen and oxygen atoms in total. The van der Waals surface area contributed by atoms with Gasteiger partial charge in [0.2, 0.25) is 35.4 Å². The lowest BCUT2D eigenvalue weighted by molar-refractivity contribution is -0.128. The summed E-state index contributed by atoms with van der Waals surface area (Å²) < 4.78 is 14.7. The highest BCUT2D eigenvalue weighted by molar-refractivity contribution is 5.76. The first-order valence-electron chi connectivity index (χ1n) is 22.1. The van der Waals surface area contributed by atoms with E-state index in [9.17, 15) is 28.8 Å². The molecule has 0 bridgehead atoms. The number of amides is 6. The first-order chi connectivity index (χ1) is 28.2. The zero-order valence-electron chi connectivity index (χ0n) is 39.6. The minimum absolute atomic E-state index is 0.0639. The SMILES string of the molecule is CC.COCCCNC(=O)CCCCCCCCN(C)C(C)=O.COCCCNC(=O)CCCCCCN(C)C(C)=O.COCCCNC(=O)CCCCN(C)C(C)=O. The molecule has 0 aliphatic carbocycles. The van der Waals surface area contributed by atoms with Crippen molar-refractivity contribution in [2.24, 2.45) is 0 Å². The van der Waals surface area contributed by atoms with Crippen LogP contribution in [0.4, 0.5) is 0 Å². The van der Waals surface area contributed by atoms with Crippen LogP contribution in [0.3, 0.4) is 0 Å². The highest BCUT2D eigenvalue weighted by atomic mass is 16.5. The molecule has 15 heteroatoms. The highest BCUT2D eigenvalue weighted by Gasteiger charge is 2.06. The molecule has 0 aliphatic rings. The van der Waals surface area contributed by atoms with Gasteiger partial charge in [0.15, 0.2) is 0 Å². The topological polar surface area (TPSA) is 176 Å². The van der Waals surface area contributed by atoms with Crippen molar-refractivity contribution in [2.45, 2.75) is 150 Å². The number of carbonyl (C=O) groups is 6. The van der Waals surface area contributed by atoms with Crippen molar-refractivity contribution < 1.29 is 43.0 Å². The molecule has 0 aromatic rings. The van der Waals surface area contributed by atoms with Gasteiger partial charge in [-0.15, -0.1) is 0 Å². The Morgan fingerprint density at radius 2 is 0.593 bits per heavy atom. The Labute approximate surface area is 360 Å². The van der Waals surface area contributed by atoms with Gasteiger partial charge in [-0.25, -0.2) is 0 Å². The molecule has 0 rings (SSSR count). The Balaban J connectivity index is -0.000000378. The number of unbranched alkanes of at least 4 members (excludes halogenated alkanes) is 9. The van der Waals surface area contributed by atoms with Gasteiger partial charge in [0, 0.05) is 142 Å². The number of nitrogens with zero attached hydrogens (tertiary/aromatic N) is 3. The normalized spacial score (nSPS) is 10.0. The molecule has 0 saturated heterocycles. The third-order valence-corrected chi connectivity index (χ3v) is 9.10. The highest BCUT2D eigenvalue weighted by Crippen LogP contribution is 2.08. The summed E-state index contributed by atoms with van der Waals surface area (Å²) in [5.74, 6) is 0.647. The van der Waals surface area contributed by atoms with Crippen LogP contribution in [-0.4, -0.2) is 152 Å². The molecule has 0 radical (unpaired) electrons. The average Bonchev–Trinajstić information content (AvgIpc) is 3.21. The van der Waals surface area contributed by atoms with E-state index in [-0.39, 0.29) is 35.4 Å². The predicted molar refractivity (Wildman–Crippen MR) is 239 cm³/mol. The number of hydrogen-bond acceptors (Lipinski definition) is 9. The molecule has 0 saturated carbocycles. The number of hydrogen-bond donors (Lipinski definition) is 3. The molecule has 0 fully saturated rings. The Hall–Kier alpha value is -3.30. The van der Waals surface area contributed by atoms with Crippen molar-refractivity contribution >= 4 is 35.4 Å². The van der Waals surface area contributed by atoms with Gasteiger partial charge in [-0.3, -0.25) is 28.8 Å². The zero-order chi connectivity index (χ0) is 45.5. The van der Waals surface area contributed by atoms with Crippen LogP contribution in [0.15, 0.2) is 0 Å². The van der Waals surface area contributed by atoms with Gasteiger partial charge in [-0.1, -0.05) is 52.4 Å². The van der Waals surface area contributed by atoms with Gasteiger partial charge in [0.25, 0.3) is 0 Å². The lowest BCUT2D eigenvalue weighted by Crippen LogP contribution is -2.26. The first-order valence-corrected chi connectivity index (χ1v) is 22.1. The molecule has 6 amide bonds. The summed E-state index contributed by atoms with van der Waals surface area (Å²) >= 11 is 0. The quantitative estimate of drug-likeness (QED) is 0.0697. The predicted octanol–water partition coefficient (Wildman–Crippen LogP) is 5.73. The summed E-state index contributed by atoms with van der Waals surface area (Å²) in [7, 11) is 10.4. The molecule has 0 spiro atoms. The van der Waals surface area contributed by atoms with E-state index in [4.69, 9.17) is 14.2 Å². The van der Waals surface area contributed by atoms with E-state index in [2.05, 4.69) is 16.0 Å². The Morgan fingerprint density at radius 1 is 0.373 bits per heavy atom. The standard InChI is InChI=1S/C16H32N2O3.C14H28N2O3.C12H24N2O3.C2H6/c1-15(19)18(2)13-9-7-5-4-6-8-11-16(20)17-12-10-14-21-3;1-13(17)16(2)11-7-5-4-6-9-14(18)15-10-8-12-19-3;1-11(15)14(2)9-5-4-7-12(16)13-8-6-10-17-3;1-2/h4-14H2,1-3H3,(H,17,20);4-12H2,1-3H3,(H,15,18);4-10H2,1-3H3,(H,13,16);1-2H3. The van der Waals surface area contributed by atoms with Crippen LogP contribution in [0, 0.1) is 0 Å². The summed E-state index contributed by atoms with van der Waals surface area (Å²) in [6.45, 7) is 15.2. The number of nitrogens with one attached hydrogen (secondary N) is 3. The van der Waals surface area contributed by atoms with Crippen LogP contribution in [-0.2, 0) is 43.0 Å². The van der Waals surface area contributed by atoms with Gasteiger partial charge >= 0.3 is 0 Å². The van der Waals surface area contributed by atoms with E-state index >= 15 is 0 Å². The fourth-order valence-corrected chi connectivity index (χ4v) is 5.03. The Bertz CT molecular complexity index is 1020. The fraction of sp³-hybridized carbons (Fsp3) is 0.864. The van der Waals surface area contributed by atoms with E-state index in [0.29, 0.717) is 65.3 Å². The third kappa shape index (κ3) is 52.7. The zero-order valence-corrected chi connectivity index (χ0v) is 39.6. The molecule has 0 aliphatic heterocycles. The second-order valence-electron chi connectivity index (χ2n) is 14.4. The number of ether oxygens (including phenoxy) is 3. The largest absolute Gasteiger partial charge is 0.385 e. The lowest BCUT2D eigenvalue weighted by Gasteiger charge is -2.13. The number of carbonyl (C=O) groups excluding carboxylic acids is 6.